The number of carbonyl (C=O) groups excluding carboxylic acids is 2. The van der Waals surface area contributed by atoms with Crippen LogP contribution in [-0.4, -0.2) is 94.2 Å². The molecule has 2 aliphatic heterocycles. The van der Waals surface area contributed by atoms with Gasteiger partial charge in [0.25, 0.3) is 0 Å². The Balaban J connectivity index is 1.20. The van der Waals surface area contributed by atoms with Gasteiger partial charge in [-0.25, -0.2) is 4.79 Å². The summed E-state index contributed by atoms with van der Waals surface area (Å²) >= 11 is 12.6. The number of hydrogen-bond acceptors (Lipinski definition) is 7. The van der Waals surface area contributed by atoms with E-state index in [0.717, 1.165) is 56.8 Å². The predicted molar refractivity (Wildman–Crippen MR) is 158 cm³/mol. The van der Waals surface area contributed by atoms with Gasteiger partial charge in [-0.2, -0.15) is 0 Å². The molecule has 2 fully saturated rings. The number of ether oxygens (including phenoxy) is 3. The molecule has 2 aliphatic rings. The second-order valence-electron chi connectivity index (χ2n) is 9.99. The molecule has 9 nitrogen and oxygen atoms in total. The molecule has 0 N–H and O–H groups in total. The molecule has 40 heavy (non-hydrogen) atoms. The third-order valence-electron chi connectivity index (χ3n) is 7.22. The van der Waals surface area contributed by atoms with Crippen LogP contribution in [0.15, 0.2) is 36.4 Å². The number of nitrogens with zero attached hydrogens (tertiary/aromatic N) is 4. The van der Waals surface area contributed by atoms with Crippen molar-refractivity contribution in [2.24, 2.45) is 0 Å². The molecular formula is C29H38Cl2N4O5. The van der Waals surface area contributed by atoms with E-state index in [0.29, 0.717) is 54.4 Å². The van der Waals surface area contributed by atoms with Crippen molar-refractivity contribution in [1.82, 2.24) is 9.80 Å². The smallest absolute Gasteiger partial charge is 0.411 e. The Hall–Kier alpha value is -2.72. The highest BCUT2D eigenvalue weighted by Gasteiger charge is 2.22. The molecule has 0 aromatic heterocycles. The van der Waals surface area contributed by atoms with Crippen LogP contribution in [0.1, 0.15) is 25.3 Å². The highest BCUT2D eigenvalue weighted by molar-refractivity contribution is 6.43. The van der Waals surface area contributed by atoms with Gasteiger partial charge in [-0.3, -0.25) is 14.6 Å². The maximum absolute atomic E-state index is 12.4. The Morgan fingerprint density at radius 3 is 2.48 bits per heavy atom. The highest BCUT2D eigenvalue weighted by Crippen LogP contribution is 2.33. The van der Waals surface area contributed by atoms with Gasteiger partial charge in [0.05, 0.1) is 41.2 Å². The van der Waals surface area contributed by atoms with Crippen LogP contribution in [0, 0.1) is 6.92 Å². The van der Waals surface area contributed by atoms with Crippen LogP contribution in [-0.2, 0) is 14.3 Å². The Bertz CT molecular complexity index is 1150. The first-order chi connectivity index (χ1) is 19.3. The molecule has 2 aromatic rings. The molecule has 4 rings (SSSR count). The van der Waals surface area contributed by atoms with Crippen molar-refractivity contribution in [2.45, 2.75) is 26.7 Å². The summed E-state index contributed by atoms with van der Waals surface area (Å²) in [7, 11) is 0. The van der Waals surface area contributed by atoms with E-state index in [-0.39, 0.29) is 12.6 Å². The van der Waals surface area contributed by atoms with Crippen LogP contribution >= 0.6 is 23.2 Å². The summed E-state index contributed by atoms with van der Waals surface area (Å²) in [6.45, 7) is 10.5. The lowest BCUT2D eigenvalue weighted by molar-refractivity contribution is -0.117. The summed E-state index contributed by atoms with van der Waals surface area (Å²) in [5.41, 5.74) is 2.55. The maximum Gasteiger partial charge on any atom is 0.411 e. The first-order valence-corrected chi connectivity index (χ1v) is 14.5. The van der Waals surface area contributed by atoms with Crippen molar-refractivity contribution in [3.63, 3.8) is 0 Å². The topological polar surface area (TPSA) is 74.8 Å². The third kappa shape index (κ3) is 8.16. The standard InChI is InChI=1S/C29H38Cl2N4O5/c1-22-8-9-24(20-27(22)35(23(2)36)21-40-29(37)34-15-18-38-19-16-34)39-17-4-3-10-32-11-13-33(14-12-32)26-7-5-6-25(30)28(26)31/h5-9,20H,3-4,10-19,21H2,1-2H3. The van der Waals surface area contributed by atoms with Gasteiger partial charge < -0.3 is 24.0 Å². The minimum Gasteiger partial charge on any atom is -0.494 e. The number of morpholine rings is 1. The first-order valence-electron chi connectivity index (χ1n) is 13.8. The highest BCUT2D eigenvalue weighted by atomic mass is 35.5. The summed E-state index contributed by atoms with van der Waals surface area (Å²) in [6, 6.07) is 11.4. The fourth-order valence-corrected chi connectivity index (χ4v) is 5.25. The van der Waals surface area contributed by atoms with Crippen LogP contribution in [0.5, 0.6) is 5.75 Å². The molecule has 0 unspecified atom stereocenters. The SMILES string of the molecule is CC(=O)N(COC(=O)N1CCOCC1)c1cc(OCCCCN2CCN(c3cccc(Cl)c3Cl)CC2)ccc1C. The van der Waals surface area contributed by atoms with Gasteiger partial charge in [-0.15, -0.1) is 0 Å². The normalized spacial score (nSPS) is 16.1. The zero-order valence-electron chi connectivity index (χ0n) is 23.2. The van der Waals surface area contributed by atoms with Crippen molar-refractivity contribution in [2.75, 3.05) is 82.2 Å². The van der Waals surface area contributed by atoms with Crippen molar-refractivity contribution < 1.29 is 23.8 Å². The minimum atomic E-state index is -0.450. The molecule has 11 heteroatoms. The fraction of sp³-hybridized carbons (Fsp3) is 0.517. The summed E-state index contributed by atoms with van der Waals surface area (Å²) in [4.78, 5) is 32.6. The average molecular weight is 594 g/mol. The van der Waals surface area contributed by atoms with Crippen molar-refractivity contribution >= 4 is 46.6 Å². The largest absolute Gasteiger partial charge is 0.494 e. The van der Waals surface area contributed by atoms with Gasteiger partial charge in [-0.1, -0.05) is 35.3 Å². The number of unbranched alkanes of at least 4 members (excludes halogenated alkanes) is 1. The van der Waals surface area contributed by atoms with Crippen LogP contribution in [0.25, 0.3) is 0 Å². The molecule has 0 saturated carbocycles. The number of piperazine rings is 1. The third-order valence-corrected chi connectivity index (χ3v) is 8.03. The molecule has 2 amide bonds. The van der Waals surface area contributed by atoms with Crippen molar-refractivity contribution in [1.29, 1.82) is 0 Å². The average Bonchev–Trinajstić information content (AvgIpc) is 2.96. The van der Waals surface area contributed by atoms with E-state index < -0.39 is 6.09 Å². The van der Waals surface area contributed by atoms with Gasteiger partial charge in [-0.05, 0) is 50.1 Å². The lowest BCUT2D eigenvalue weighted by Gasteiger charge is -2.36. The molecule has 0 bridgehead atoms. The molecule has 218 valence electrons. The van der Waals surface area contributed by atoms with Gasteiger partial charge >= 0.3 is 6.09 Å². The molecule has 0 radical (unpaired) electrons. The van der Waals surface area contributed by atoms with Crippen molar-refractivity contribution in [3.8, 4) is 5.75 Å². The lowest BCUT2D eigenvalue weighted by atomic mass is 10.1. The monoisotopic (exact) mass is 592 g/mol. The molecule has 2 saturated heterocycles. The Morgan fingerprint density at radius 2 is 1.75 bits per heavy atom. The predicted octanol–water partition coefficient (Wildman–Crippen LogP) is 5.06. The van der Waals surface area contributed by atoms with Gasteiger partial charge in [0.2, 0.25) is 5.91 Å². The number of hydrogen-bond donors (Lipinski definition) is 0. The quantitative estimate of drug-likeness (QED) is 0.282. The van der Waals surface area contributed by atoms with Gasteiger partial charge in [0.15, 0.2) is 6.73 Å². The van der Waals surface area contributed by atoms with E-state index in [4.69, 9.17) is 37.4 Å². The zero-order chi connectivity index (χ0) is 28.5. The van der Waals surface area contributed by atoms with Crippen LogP contribution < -0.4 is 14.5 Å². The number of rotatable bonds is 10. The minimum absolute atomic E-state index is 0.160. The second-order valence-corrected chi connectivity index (χ2v) is 10.8. The van der Waals surface area contributed by atoms with E-state index in [9.17, 15) is 9.59 Å². The number of carbonyl (C=O) groups is 2. The molecule has 2 aromatic carbocycles. The van der Waals surface area contributed by atoms with E-state index in [2.05, 4.69) is 9.80 Å². The maximum atomic E-state index is 12.4. The van der Waals surface area contributed by atoms with E-state index in [1.807, 2.05) is 43.3 Å². The van der Waals surface area contributed by atoms with E-state index in [1.165, 1.54) is 11.8 Å². The number of halogens is 2. The van der Waals surface area contributed by atoms with Crippen molar-refractivity contribution in [3.05, 3.63) is 52.0 Å². The van der Waals surface area contributed by atoms with E-state index in [1.54, 1.807) is 4.90 Å². The summed E-state index contributed by atoms with van der Waals surface area (Å²) in [5.74, 6) is 0.464. The number of amides is 2. The van der Waals surface area contributed by atoms with Crippen LogP contribution in [0.3, 0.4) is 0 Å². The second kappa shape index (κ2) is 14.8. The Morgan fingerprint density at radius 1 is 1.00 bits per heavy atom. The number of aryl methyl sites for hydroxylation is 1. The van der Waals surface area contributed by atoms with Gasteiger partial charge in [0.1, 0.15) is 5.75 Å². The lowest BCUT2D eigenvalue weighted by Crippen LogP contribution is -2.46. The first kappa shape index (κ1) is 30.2. The number of anilines is 2. The Labute approximate surface area is 246 Å². The van der Waals surface area contributed by atoms with Gasteiger partial charge in [0, 0.05) is 52.3 Å². The van der Waals surface area contributed by atoms with E-state index >= 15 is 0 Å². The fourth-order valence-electron chi connectivity index (χ4n) is 4.83. The van der Waals surface area contributed by atoms with Crippen LogP contribution in [0.2, 0.25) is 10.0 Å². The zero-order valence-corrected chi connectivity index (χ0v) is 24.8. The van der Waals surface area contributed by atoms with Crippen LogP contribution in [0.4, 0.5) is 16.2 Å². The summed E-state index contributed by atoms with van der Waals surface area (Å²) < 4.78 is 16.7. The molecular weight excluding hydrogens is 555 g/mol. The summed E-state index contributed by atoms with van der Waals surface area (Å²) in [6.07, 6.45) is 1.49. The summed E-state index contributed by atoms with van der Waals surface area (Å²) in [5, 5.41) is 1.21. The Kier molecular flexibility index (Phi) is 11.2. The molecule has 0 aliphatic carbocycles. The molecule has 0 spiro atoms. The number of benzene rings is 2. The molecule has 0 atom stereocenters. The molecule has 2 heterocycles.